The maximum atomic E-state index is 11.6. The molecule has 0 aliphatic rings. The predicted octanol–water partition coefficient (Wildman–Crippen LogP) is 2.78. The zero-order chi connectivity index (χ0) is 12.1. The van der Waals surface area contributed by atoms with Crippen LogP contribution in [0.2, 0.25) is 0 Å². The Kier molecular flexibility index (Phi) is 4.33. The summed E-state index contributed by atoms with van der Waals surface area (Å²) in [5.74, 6) is -0.175. The predicted molar refractivity (Wildman–Crippen MR) is 61.4 cm³/mol. The van der Waals surface area contributed by atoms with Gasteiger partial charge in [-0.1, -0.05) is 0 Å². The molecule has 3 nitrogen and oxygen atoms in total. The Morgan fingerprint density at radius 1 is 1.56 bits per heavy atom. The van der Waals surface area contributed by atoms with Gasteiger partial charge in [-0.05, 0) is 37.1 Å². The van der Waals surface area contributed by atoms with Crippen molar-refractivity contribution in [1.29, 1.82) is 5.26 Å². The molecule has 1 aromatic carbocycles. The first kappa shape index (κ1) is 12.5. The fourth-order valence-electron chi connectivity index (χ4n) is 1.40. The lowest BCUT2D eigenvalue weighted by Gasteiger charge is -2.08. The van der Waals surface area contributed by atoms with E-state index in [0.717, 1.165) is 5.56 Å². The molecule has 0 saturated heterocycles. The monoisotopic (exact) mass is 237 g/mol. The van der Waals surface area contributed by atoms with Crippen LogP contribution < -0.4 is 0 Å². The van der Waals surface area contributed by atoms with Gasteiger partial charge in [0.2, 0.25) is 0 Å². The molecule has 1 rings (SSSR count). The SMILES string of the molecule is CCOC(=O)c1cc(CCl)c(C#N)cc1C. The molecule has 0 unspecified atom stereocenters. The van der Waals surface area contributed by atoms with Gasteiger partial charge in [-0.3, -0.25) is 0 Å². The summed E-state index contributed by atoms with van der Waals surface area (Å²) in [6.07, 6.45) is 0. The molecule has 0 amide bonds. The number of esters is 1. The molecule has 0 saturated carbocycles. The Labute approximate surface area is 99.6 Å². The molecule has 0 atom stereocenters. The Hall–Kier alpha value is -1.53. The standard InChI is InChI=1S/C12H12ClNO2/c1-3-16-12(15)11-5-9(6-13)10(7-14)4-8(11)2/h4-5H,3,6H2,1-2H3. The molecular weight excluding hydrogens is 226 g/mol. The van der Waals surface area contributed by atoms with Crippen LogP contribution in [0.1, 0.15) is 34.0 Å². The number of carbonyl (C=O) groups is 1. The molecule has 1 aromatic rings. The topological polar surface area (TPSA) is 50.1 Å². The first-order valence-electron chi connectivity index (χ1n) is 4.90. The van der Waals surface area contributed by atoms with Gasteiger partial charge in [0.15, 0.2) is 0 Å². The fraction of sp³-hybridized carbons (Fsp3) is 0.333. The Balaban J connectivity index is 3.22. The maximum Gasteiger partial charge on any atom is 0.338 e. The average Bonchev–Trinajstić information content (AvgIpc) is 2.28. The van der Waals surface area contributed by atoms with Gasteiger partial charge in [0.05, 0.1) is 23.8 Å². The molecular formula is C12H12ClNO2. The first-order valence-corrected chi connectivity index (χ1v) is 5.44. The first-order chi connectivity index (χ1) is 7.63. The molecule has 16 heavy (non-hydrogen) atoms. The highest BCUT2D eigenvalue weighted by Crippen LogP contribution is 2.18. The van der Waals surface area contributed by atoms with Crippen molar-refractivity contribution in [3.05, 3.63) is 34.4 Å². The molecule has 0 aromatic heterocycles. The lowest BCUT2D eigenvalue weighted by molar-refractivity contribution is 0.0525. The molecule has 0 spiro atoms. The van der Waals surface area contributed by atoms with Crippen LogP contribution in [-0.2, 0) is 10.6 Å². The van der Waals surface area contributed by atoms with Gasteiger partial charge in [0, 0.05) is 5.88 Å². The number of hydrogen-bond acceptors (Lipinski definition) is 3. The van der Waals surface area contributed by atoms with Gasteiger partial charge in [-0.25, -0.2) is 4.79 Å². The van der Waals surface area contributed by atoms with Gasteiger partial charge < -0.3 is 4.74 Å². The molecule has 0 N–H and O–H groups in total. The zero-order valence-corrected chi connectivity index (χ0v) is 9.97. The highest BCUT2D eigenvalue weighted by atomic mass is 35.5. The lowest BCUT2D eigenvalue weighted by atomic mass is 10.0. The maximum absolute atomic E-state index is 11.6. The van der Waals surface area contributed by atoms with Crippen molar-refractivity contribution < 1.29 is 9.53 Å². The van der Waals surface area contributed by atoms with E-state index in [1.54, 1.807) is 26.0 Å². The number of hydrogen-bond donors (Lipinski definition) is 0. The quantitative estimate of drug-likeness (QED) is 0.600. The van der Waals surface area contributed by atoms with Crippen LogP contribution in [0.3, 0.4) is 0 Å². The van der Waals surface area contributed by atoms with E-state index in [4.69, 9.17) is 21.6 Å². The van der Waals surface area contributed by atoms with E-state index in [-0.39, 0.29) is 11.8 Å². The van der Waals surface area contributed by atoms with E-state index >= 15 is 0 Å². The van der Waals surface area contributed by atoms with Crippen molar-refractivity contribution in [2.24, 2.45) is 0 Å². The molecule has 84 valence electrons. The molecule has 0 heterocycles. The van der Waals surface area contributed by atoms with E-state index in [1.807, 2.05) is 6.07 Å². The van der Waals surface area contributed by atoms with Crippen molar-refractivity contribution in [2.75, 3.05) is 6.61 Å². The summed E-state index contributed by atoms with van der Waals surface area (Å²) in [7, 11) is 0. The van der Waals surface area contributed by atoms with Gasteiger partial charge >= 0.3 is 5.97 Å². The number of rotatable bonds is 3. The third-order valence-corrected chi connectivity index (χ3v) is 2.50. The summed E-state index contributed by atoms with van der Waals surface area (Å²) >= 11 is 5.71. The van der Waals surface area contributed by atoms with E-state index in [1.165, 1.54) is 0 Å². The fourth-order valence-corrected chi connectivity index (χ4v) is 1.62. The number of alkyl halides is 1. The van der Waals surface area contributed by atoms with Crippen LogP contribution in [0.4, 0.5) is 0 Å². The Bertz CT molecular complexity index is 449. The van der Waals surface area contributed by atoms with Crippen LogP contribution in [0.5, 0.6) is 0 Å². The molecule has 0 aliphatic heterocycles. The highest BCUT2D eigenvalue weighted by Gasteiger charge is 2.13. The summed E-state index contributed by atoms with van der Waals surface area (Å²) in [6.45, 7) is 3.85. The van der Waals surface area contributed by atoms with E-state index < -0.39 is 0 Å². The van der Waals surface area contributed by atoms with Crippen molar-refractivity contribution in [1.82, 2.24) is 0 Å². The highest BCUT2D eigenvalue weighted by molar-refractivity contribution is 6.17. The van der Waals surface area contributed by atoms with Crippen molar-refractivity contribution in [2.45, 2.75) is 19.7 Å². The second-order valence-electron chi connectivity index (χ2n) is 3.29. The van der Waals surface area contributed by atoms with E-state index in [9.17, 15) is 4.79 Å². The third-order valence-electron chi connectivity index (χ3n) is 2.21. The van der Waals surface area contributed by atoms with Gasteiger partial charge in [-0.15, -0.1) is 11.6 Å². The van der Waals surface area contributed by atoms with Crippen LogP contribution in [0.25, 0.3) is 0 Å². The summed E-state index contributed by atoms with van der Waals surface area (Å²) in [5, 5.41) is 8.88. The van der Waals surface area contributed by atoms with Gasteiger partial charge in [0.25, 0.3) is 0 Å². The van der Waals surface area contributed by atoms with Crippen LogP contribution >= 0.6 is 11.6 Å². The summed E-state index contributed by atoms with van der Waals surface area (Å²) in [4.78, 5) is 11.6. The Morgan fingerprint density at radius 3 is 2.75 bits per heavy atom. The molecule has 0 radical (unpaired) electrons. The van der Waals surface area contributed by atoms with Crippen LogP contribution in [0.15, 0.2) is 12.1 Å². The summed E-state index contributed by atoms with van der Waals surface area (Å²) < 4.78 is 4.92. The van der Waals surface area contributed by atoms with Crippen LogP contribution in [-0.4, -0.2) is 12.6 Å². The average molecular weight is 238 g/mol. The molecule has 0 bridgehead atoms. The van der Waals surface area contributed by atoms with Gasteiger partial charge in [-0.2, -0.15) is 5.26 Å². The number of nitriles is 1. The number of aryl methyl sites for hydroxylation is 1. The normalized spacial score (nSPS) is 9.62. The summed E-state index contributed by atoms with van der Waals surface area (Å²) in [6, 6.07) is 5.33. The zero-order valence-electron chi connectivity index (χ0n) is 9.21. The third kappa shape index (κ3) is 2.53. The largest absolute Gasteiger partial charge is 0.462 e. The van der Waals surface area contributed by atoms with E-state index in [2.05, 4.69) is 0 Å². The molecule has 0 aliphatic carbocycles. The van der Waals surface area contributed by atoms with Gasteiger partial charge in [0.1, 0.15) is 0 Å². The van der Waals surface area contributed by atoms with Crippen LogP contribution in [0, 0.1) is 18.3 Å². The second-order valence-corrected chi connectivity index (χ2v) is 3.56. The smallest absolute Gasteiger partial charge is 0.338 e. The number of halogens is 1. The molecule has 0 fully saturated rings. The number of benzene rings is 1. The Morgan fingerprint density at radius 2 is 2.25 bits per heavy atom. The number of carbonyl (C=O) groups excluding carboxylic acids is 1. The number of nitrogens with zero attached hydrogens (tertiary/aromatic N) is 1. The minimum Gasteiger partial charge on any atom is -0.462 e. The van der Waals surface area contributed by atoms with Crippen molar-refractivity contribution in [3.8, 4) is 6.07 Å². The lowest BCUT2D eigenvalue weighted by Crippen LogP contribution is -2.08. The molecule has 4 heteroatoms. The minimum absolute atomic E-state index is 0.204. The van der Waals surface area contributed by atoms with Crippen molar-refractivity contribution in [3.63, 3.8) is 0 Å². The number of ether oxygens (including phenoxy) is 1. The second kappa shape index (κ2) is 5.53. The van der Waals surface area contributed by atoms with E-state index in [0.29, 0.717) is 23.3 Å². The van der Waals surface area contributed by atoms with Crippen molar-refractivity contribution >= 4 is 17.6 Å². The summed E-state index contributed by atoms with van der Waals surface area (Å²) in [5.41, 5.74) is 2.35. The minimum atomic E-state index is -0.379.